The molecule has 4 heteroatoms. The van der Waals surface area contributed by atoms with Crippen molar-refractivity contribution >= 4 is 17.3 Å². The van der Waals surface area contributed by atoms with E-state index < -0.39 is 5.92 Å². The first kappa shape index (κ1) is 11.6. The molecule has 0 unspecified atom stereocenters. The minimum atomic E-state index is -0.927. The van der Waals surface area contributed by atoms with Crippen LogP contribution in [0.1, 0.15) is 26.2 Å². The third kappa shape index (κ3) is 2.31. The molecule has 0 bridgehead atoms. The second kappa shape index (κ2) is 4.61. The van der Waals surface area contributed by atoms with E-state index in [0.29, 0.717) is 19.3 Å². The van der Waals surface area contributed by atoms with Crippen molar-refractivity contribution in [1.29, 1.82) is 0 Å². The zero-order chi connectivity index (χ0) is 8.43. The Morgan fingerprint density at radius 1 is 1.25 bits per heavy atom. The summed E-state index contributed by atoms with van der Waals surface area (Å²) in [6.07, 6.45) is 1.38. The third-order valence-corrected chi connectivity index (χ3v) is 1.90. The van der Waals surface area contributed by atoms with Gasteiger partial charge in [0.2, 0.25) is 0 Å². The van der Waals surface area contributed by atoms with Crippen molar-refractivity contribution in [2.24, 2.45) is 5.92 Å². The molecule has 1 rings (SSSR count). The summed E-state index contributed by atoms with van der Waals surface area (Å²) in [5.41, 5.74) is 0. The quantitative estimate of drug-likeness (QED) is 0.477. The van der Waals surface area contributed by atoms with Gasteiger partial charge in [-0.25, -0.2) is 0 Å². The molecule has 0 N–H and O–H groups in total. The Kier molecular flexibility index (Phi) is 4.47. The summed E-state index contributed by atoms with van der Waals surface area (Å²) >= 11 is 0. The molecule has 0 atom stereocenters. The maximum atomic E-state index is 11.0. The van der Waals surface area contributed by atoms with E-state index in [9.17, 15) is 14.4 Å². The van der Waals surface area contributed by atoms with E-state index in [4.69, 9.17) is 0 Å². The van der Waals surface area contributed by atoms with Crippen molar-refractivity contribution in [2.75, 3.05) is 0 Å². The molecule has 1 fully saturated rings. The van der Waals surface area contributed by atoms with Crippen LogP contribution in [0.5, 0.6) is 0 Å². The van der Waals surface area contributed by atoms with Crippen LogP contribution in [-0.4, -0.2) is 17.3 Å². The van der Waals surface area contributed by atoms with E-state index >= 15 is 0 Å². The van der Waals surface area contributed by atoms with E-state index in [0.717, 1.165) is 0 Å². The Hall–Kier alpha value is -0.367. The summed E-state index contributed by atoms with van der Waals surface area (Å²) in [4.78, 5) is 32.8. The van der Waals surface area contributed by atoms with Crippen LogP contribution >= 0.6 is 0 Å². The van der Waals surface area contributed by atoms with Gasteiger partial charge in [-0.2, -0.15) is 0 Å². The first-order valence-corrected chi connectivity index (χ1v) is 3.69. The standard InChI is InChI=1S/C8H10O3.Zn/c1-5(9)8-6(10)3-2-4-7(8)11;/h8H,2-4H2,1H3;/q;+2. The van der Waals surface area contributed by atoms with Crippen molar-refractivity contribution < 1.29 is 33.9 Å². The van der Waals surface area contributed by atoms with Crippen LogP contribution in [-0.2, 0) is 33.9 Å². The maximum Gasteiger partial charge on any atom is 2.00 e. The summed E-state index contributed by atoms with van der Waals surface area (Å²) in [6.45, 7) is 1.30. The Bertz CT molecular complexity index is 206. The van der Waals surface area contributed by atoms with Gasteiger partial charge in [0.15, 0.2) is 11.6 Å². The topological polar surface area (TPSA) is 51.2 Å². The number of hydrogen-bond acceptors (Lipinski definition) is 3. The first-order chi connectivity index (χ1) is 5.13. The number of rotatable bonds is 1. The number of hydrogen-bond donors (Lipinski definition) is 0. The van der Waals surface area contributed by atoms with E-state index in [1.54, 1.807) is 0 Å². The van der Waals surface area contributed by atoms with Crippen LogP contribution in [0.4, 0.5) is 0 Å². The van der Waals surface area contributed by atoms with E-state index in [2.05, 4.69) is 0 Å². The van der Waals surface area contributed by atoms with E-state index in [1.807, 2.05) is 0 Å². The fraction of sp³-hybridized carbons (Fsp3) is 0.625. The molecule has 60 valence electrons. The van der Waals surface area contributed by atoms with Crippen LogP contribution in [0.25, 0.3) is 0 Å². The summed E-state index contributed by atoms with van der Waals surface area (Å²) in [5.74, 6) is -1.63. The molecule has 0 aliphatic heterocycles. The second-order valence-electron chi connectivity index (χ2n) is 2.83. The molecule has 0 aromatic heterocycles. The van der Waals surface area contributed by atoms with Gasteiger partial charge in [0.25, 0.3) is 0 Å². The van der Waals surface area contributed by atoms with Crippen LogP contribution in [0.2, 0.25) is 0 Å². The van der Waals surface area contributed by atoms with Crippen LogP contribution in [0.3, 0.4) is 0 Å². The Morgan fingerprint density at radius 3 is 1.92 bits per heavy atom. The number of Topliss-reactive ketones (excluding diaryl/α,β-unsaturated/α-hetero) is 3. The molecule has 0 spiro atoms. The van der Waals surface area contributed by atoms with Crippen molar-refractivity contribution in [3.05, 3.63) is 0 Å². The predicted molar refractivity (Wildman–Crippen MR) is 38.0 cm³/mol. The predicted octanol–water partition coefficient (Wildman–Crippen LogP) is 0.511. The van der Waals surface area contributed by atoms with Gasteiger partial charge >= 0.3 is 19.5 Å². The molecule has 0 saturated heterocycles. The molecule has 1 aliphatic rings. The van der Waals surface area contributed by atoms with Gasteiger partial charge in [0, 0.05) is 12.8 Å². The molecule has 1 aliphatic carbocycles. The maximum absolute atomic E-state index is 11.0. The number of carbonyl (C=O) groups is 3. The van der Waals surface area contributed by atoms with E-state index in [1.165, 1.54) is 6.92 Å². The molecule has 0 heterocycles. The molecular weight excluding hydrogens is 209 g/mol. The van der Waals surface area contributed by atoms with Crippen LogP contribution in [0, 0.1) is 5.92 Å². The van der Waals surface area contributed by atoms with Crippen molar-refractivity contribution in [3.8, 4) is 0 Å². The van der Waals surface area contributed by atoms with Gasteiger partial charge in [-0.1, -0.05) is 0 Å². The Balaban J connectivity index is 0.00000121. The fourth-order valence-corrected chi connectivity index (χ4v) is 1.36. The second-order valence-corrected chi connectivity index (χ2v) is 2.83. The number of carbonyl (C=O) groups excluding carboxylic acids is 3. The van der Waals surface area contributed by atoms with Gasteiger partial charge in [0.1, 0.15) is 11.7 Å². The van der Waals surface area contributed by atoms with Gasteiger partial charge in [-0.15, -0.1) is 0 Å². The van der Waals surface area contributed by atoms with Crippen molar-refractivity contribution in [2.45, 2.75) is 26.2 Å². The van der Waals surface area contributed by atoms with Gasteiger partial charge in [-0.3, -0.25) is 14.4 Å². The Morgan fingerprint density at radius 2 is 1.67 bits per heavy atom. The minimum Gasteiger partial charge on any atom is -0.299 e. The molecule has 3 nitrogen and oxygen atoms in total. The summed E-state index contributed by atoms with van der Waals surface area (Å²) in [5, 5.41) is 0. The Labute approximate surface area is 83.7 Å². The van der Waals surface area contributed by atoms with Gasteiger partial charge < -0.3 is 0 Å². The van der Waals surface area contributed by atoms with Gasteiger partial charge in [0.05, 0.1) is 0 Å². The summed E-state index contributed by atoms with van der Waals surface area (Å²) in [7, 11) is 0. The van der Waals surface area contributed by atoms with Crippen LogP contribution in [0.15, 0.2) is 0 Å². The molecule has 0 aromatic rings. The molecule has 0 radical (unpaired) electrons. The fourth-order valence-electron chi connectivity index (χ4n) is 1.36. The minimum absolute atomic E-state index is 0. The third-order valence-electron chi connectivity index (χ3n) is 1.90. The first-order valence-electron chi connectivity index (χ1n) is 3.69. The zero-order valence-corrected chi connectivity index (χ0v) is 10.1. The van der Waals surface area contributed by atoms with Crippen LogP contribution < -0.4 is 0 Å². The van der Waals surface area contributed by atoms with Crippen molar-refractivity contribution in [1.82, 2.24) is 0 Å². The average Bonchev–Trinajstić information content (AvgIpc) is 1.85. The molecule has 1 saturated carbocycles. The largest absolute Gasteiger partial charge is 2.00 e. The molecule has 12 heavy (non-hydrogen) atoms. The number of ketones is 3. The van der Waals surface area contributed by atoms with E-state index in [-0.39, 0.29) is 36.8 Å². The monoisotopic (exact) mass is 218 g/mol. The smallest absolute Gasteiger partial charge is 0.299 e. The zero-order valence-electron chi connectivity index (χ0n) is 7.13. The SMILES string of the molecule is CC(=O)C1C(=O)CCCC1=O.[Zn+2]. The molecule has 0 amide bonds. The summed E-state index contributed by atoms with van der Waals surface area (Å²) in [6, 6.07) is 0. The normalized spacial score (nSPS) is 18.8. The molecule has 0 aromatic carbocycles. The summed E-state index contributed by atoms with van der Waals surface area (Å²) < 4.78 is 0. The van der Waals surface area contributed by atoms with Crippen molar-refractivity contribution in [3.63, 3.8) is 0 Å². The average molecular weight is 220 g/mol. The molecular formula is C8H10O3Zn+2. The van der Waals surface area contributed by atoms with Gasteiger partial charge in [-0.05, 0) is 13.3 Å².